The lowest BCUT2D eigenvalue weighted by atomic mass is 10.3. The Labute approximate surface area is 114 Å². The number of benzene rings is 1. The second-order valence-electron chi connectivity index (χ2n) is 4.07. The summed E-state index contributed by atoms with van der Waals surface area (Å²) < 4.78 is 35.6. The van der Waals surface area contributed by atoms with E-state index in [-0.39, 0.29) is 4.90 Å². The van der Waals surface area contributed by atoms with Gasteiger partial charge in [0.15, 0.2) is 6.29 Å². The fourth-order valence-corrected chi connectivity index (χ4v) is 2.55. The van der Waals surface area contributed by atoms with Crippen LogP contribution in [-0.2, 0) is 19.5 Å². The van der Waals surface area contributed by atoms with E-state index >= 15 is 0 Å². The summed E-state index contributed by atoms with van der Waals surface area (Å²) in [5.74, 6) is 0. The standard InChI is InChI=1S/C12H20N2O4S/c1-14(2)19(15,16)11-8-6-5-7-10(11)13-9-12(17-3)18-4/h5-8,12-13H,9H2,1-4H3. The second-order valence-corrected chi connectivity index (χ2v) is 6.19. The van der Waals surface area contributed by atoms with Crippen molar-refractivity contribution in [2.75, 3.05) is 40.2 Å². The van der Waals surface area contributed by atoms with Crippen molar-refractivity contribution in [2.45, 2.75) is 11.2 Å². The Hall–Kier alpha value is -1.15. The van der Waals surface area contributed by atoms with Gasteiger partial charge < -0.3 is 14.8 Å². The third kappa shape index (κ3) is 3.90. The van der Waals surface area contributed by atoms with Gasteiger partial charge in [-0.3, -0.25) is 0 Å². The summed E-state index contributed by atoms with van der Waals surface area (Å²) in [5, 5.41) is 3.02. The van der Waals surface area contributed by atoms with Crippen molar-refractivity contribution in [1.82, 2.24) is 4.31 Å². The van der Waals surface area contributed by atoms with Crippen molar-refractivity contribution < 1.29 is 17.9 Å². The Morgan fingerprint density at radius 1 is 1.21 bits per heavy atom. The Morgan fingerprint density at radius 2 is 1.79 bits per heavy atom. The number of ether oxygens (including phenoxy) is 2. The predicted molar refractivity (Wildman–Crippen MR) is 73.6 cm³/mol. The minimum atomic E-state index is -3.48. The van der Waals surface area contributed by atoms with Gasteiger partial charge in [0.1, 0.15) is 4.90 Å². The van der Waals surface area contributed by atoms with Crippen molar-refractivity contribution in [2.24, 2.45) is 0 Å². The van der Waals surface area contributed by atoms with Crippen LogP contribution >= 0.6 is 0 Å². The lowest BCUT2D eigenvalue weighted by molar-refractivity contribution is -0.0914. The molecule has 0 fully saturated rings. The van der Waals surface area contributed by atoms with Crippen molar-refractivity contribution >= 4 is 15.7 Å². The number of nitrogens with zero attached hydrogens (tertiary/aromatic N) is 1. The molecule has 1 rings (SSSR count). The lowest BCUT2D eigenvalue weighted by Gasteiger charge is -2.18. The van der Waals surface area contributed by atoms with E-state index in [0.29, 0.717) is 12.2 Å². The van der Waals surface area contributed by atoms with Crippen LogP contribution in [0.15, 0.2) is 29.2 Å². The monoisotopic (exact) mass is 288 g/mol. The van der Waals surface area contributed by atoms with E-state index in [2.05, 4.69) is 5.32 Å². The predicted octanol–water partition coefficient (Wildman–Crippen LogP) is 0.968. The summed E-state index contributed by atoms with van der Waals surface area (Å²) in [5.41, 5.74) is 0.523. The zero-order valence-electron chi connectivity index (χ0n) is 11.6. The van der Waals surface area contributed by atoms with Gasteiger partial charge in [0.05, 0.1) is 12.2 Å². The molecule has 0 spiro atoms. The molecule has 0 unspecified atom stereocenters. The first-order valence-electron chi connectivity index (χ1n) is 5.74. The number of sulfonamides is 1. The van der Waals surface area contributed by atoms with E-state index in [1.807, 2.05) is 0 Å². The van der Waals surface area contributed by atoms with Crippen LogP contribution in [-0.4, -0.2) is 53.9 Å². The van der Waals surface area contributed by atoms with Crippen LogP contribution < -0.4 is 5.32 Å². The number of para-hydroxylation sites is 1. The van der Waals surface area contributed by atoms with Gasteiger partial charge in [0, 0.05) is 28.3 Å². The number of hydrogen-bond acceptors (Lipinski definition) is 5. The summed E-state index contributed by atoms with van der Waals surface area (Å²) >= 11 is 0. The Balaban J connectivity index is 2.97. The van der Waals surface area contributed by atoms with E-state index in [0.717, 1.165) is 0 Å². The number of hydrogen-bond donors (Lipinski definition) is 1. The van der Waals surface area contributed by atoms with Gasteiger partial charge >= 0.3 is 0 Å². The Bertz CT molecular complexity index is 498. The molecule has 108 valence electrons. The molecule has 7 heteroatoms. The molecular weight excluding hydrogens is 268 g/mol. The normalized spacial score (nSPS) is 12.1. The largest absolute Gasteiger partial charge is 0.379 e. The third-order valence-electron chi connectivity index (χ3n) is 2.63. The molecule has 0 bridgehead atoms. The van der Waals surface area contributed by atoms with E-state index in [9.17, 15) is 8.42 Å². The van der Waals surface area contributed by atoms with Gasteiger partial charge in [-0.1, -0.05) is 12.1 Å². The second kappa shape index (κ2) is 6.85. The van der Waals surface area contributed by atoms with Crippen LogP contribution in [0.5, 0.6) is 0 Å². The molecule has 0 aliphatic heterocycles. The van der Waals surface area contributed by atoms with Gasteiger partial charge in [0.2, 0.25) is 10.0 Å². The quantitative estimate of drug-likeness (QED) is 0.757. The highest BCUT2D eigenvalue weighted by Crippen LogP contribution is 2.23. The number of methoxy groups -OCH3 is 2. The molecule has 0 atom stereocenters. The maximum atomic E-state index is 12.2. The first-order chi connectivity index (χ1) is 8.93. The number of nitrogens with one attached hydrogen (secondary N) is 1. The number of anilines is 1. The summed E-state index contributed by atoms with van der Waals surface area (Å²) in [6, 6.07) is 6.72. The molecule has 6 nitrogen and oxygen atoms in total. The summed E-state index contributed by atoms with van der Waals surface area (Å²) in [6.45, 7) is 0.354. The van der Waals surface area contributed by atoms with Crippen LogP contribution in [0.3, 0.4) is 0 Å². The van der Waals surface area contributed by atoms with Crippen LogP contribution in [0.2, 0.25) is 0 Å². The van der Waals surface area contributed by atoms with E-state index in [1.165, 1.54) is 32.6 Å². The van der Waals surface area contributed by atoms with Crippen molar-refractivity contribution in [3.63, 3.8) is 0 Å². The summed E-state index contributed by atoms with van der Waals surface area (Å²) in [7, 11) is 2.57. The third-order valence-corrected chi connectivity index (χ3v) is 4.50. The van der Waals surface area contributed by atoms with Gasteiger partial charge in [-0.15, -0.1) is 0 Å². The molecule has 0 aromatic heterocycles. The molecule has 0 heterocycles. The van der Waals surface area contributed by atoms with Crippen LogP contribution in [0.1, 0.15) is 0 Å². The molecule has 0 amide bonds. The van der Waals surface area contributed by atoms with Crippen LogP contribution in [0.4, 0.5) is 5.69 Å². The highest BCUT2D eigenvalue weighted by molar-refractivity contribution is 7.89. The topological polar surface area (TPSA) is 67.9 Å². The maximum absolute atomic E-state index is 12.2. The fraction of sp³-hybridized carbons (Fsp3) is 0.500. The molecule has 0 radical (unpaired) electrons. The van der Waals surface area contributed by atoms with Gasteiger partial charge in [-0.2, -0.15) is 0 Å². The Morgan fingerprint density at radius 3 is 2.32 bits per heavy atom. The minimum Gasteiger partial charge on any atom is -0.379 e. The van der Waals surface area contributed by atoms with E-state index < -0.39 is 16.3 Å². The minimum absolute atomic E-state index is 0.228. The zero-order valence-corrected chi connectivity index (χ0v) is 12.4. The molecule has 1 N–H and O–H groups in total. The van der Waals surface area contributed by atoms with Gasteiger partial charge in [-0.05, 0) is 12.1 Å². The van der Waals surface area contributed by atoms with Gasteiger partial charge in [0.25, 0.3) is 0 Å². The highest BCUT2D eigenvalue weighted by Gasteiger charge is 2.21. The first-order valence-corrected chi connectivity index (χ1v) is 7.18. The van der Waals surface area contributed by atoms with E-state index in [1.54, 1.807) is 24.3 Å². The zero-order chi connectivity index (χ0) is 14.5. The smallest absolute Gasteiger partial charge is 0.244 e. The molecular formula is C12H20N2O4S. The lowest BCUT2D eigenvalue weighted by Crippen LogP contribution is -2.26. The molecule has 19 heavy (non-hydrogen) atoms. The van der Waals surface area contributed by atoms with Crippen molar-refractivity contribution in [3.05, 3.63) is 24.3 Å². The summed E-state index contributed by atoms with van der Waals surface area (Å²) in [4.78, 5) is 0.228. The molecule has 0 aliphatic carbocycles. The average molecular weight is 288 g/mol. The molecule has 0 aliphatic rings. The number of rotatable bonds is 7. The van der Waals surface area contributed by atoms with E-state index in [4.69, 9.17) is 9.47 Å². The van der Waals surface area contributed by atoms with Crippen LogP contribution in [0, 0.1) is 0 Å². The van der Waals surface area contributed by atoms with Crippen molar-refractivity contribution in [1.29, 1.82) is 0 Å². The molecule has 0 saturated carbocycles. The molecule has 0 saturated heterocycles. The Kier molecular flexibility index (Phi) is 5.74. The maximum Gasteiger partial charge on any atom is 0.244 e. The SMILES string of the molecule is COC(CNc1ccccc1S(=O)(=O)N(C)C)OC. The first kappa shape index (κ1) is 15.9. The highest BCUT2D eigenvalue weighted by atomic mass is 32.2. The molecule has 1 aromatic rings. The van der Waals surface area contributed by atoms with Crippen molar-refractivity contribution in [3.8, 4) is 0 Å². The van der Waals surface area contributed by atoms with Gasteiger partial charge in [-0.25, -0.2) is 12.7 Å². The average Bonchev–Trinajstić information content (AvgIpc) is 2.40. The summed E-state index contributed by atoms with van der Waals surface area (Å²) in [6.07, 6.45) is -0.435. The molecule has 1 aromatic carbocycles. The van der Waals surface area contributed by atoms with Crippen LogP contribution in [0.25, 0.3) is 0 Å². The fourth-order valence-electron chi connectivity index (χ4n) is 1.49.